The van der Waals surface area contributed by atoms with Crippen molar-refractivity contribution in [3.05, 3.63) is 72.2 Å². The molecule has 0 aliphatic heterocycles. The highest BCUT2D eigenvalue weighted by atomic mass is 19.1. The second-order valence-corrected chi connectivity index (χ2v) is 7.93. The van der Waals surface area contributed by atoms with Gasteiger partial charge in [0.05, 0.1) is 29.2 Å². The summed E-state index contributed by atoms with van der Waals surface area (Å²) >= 11 is 0. The fraction of sp³-hybridized carbons (Fsp3) is 0.208. The van der Waals surface area contributed by atoms with Gasteiger partial charge in [0.2, 0.25) is 5.88 Å². The number of rotatable bonds is 6. The molecule has 4 aromatic rings. The molecule has 0 unspecified atom stereocenters. The van der Waals surface area contributed by atoms with Gasteiger partial charge in [-0.05, 0) is 50.8 Å². The fourth-order valence-electron chi connectivity index (χ4n) is 3.39. The molecule has 0 saturated carbocycles. The van der Waals surface area contributed by atoms with Crippen molar-refractivity contribution in [2.45, 2.75) is 6.92 Å². The maximum absolute atomic E-state index is 15.0. The first-order valence-corrected chi connectivity index (χ1v) is 10.2. The molecule has 0 atom stereocenters. The van der Waals surface area contributed by atoms with E-state index < -0.39 is 5.82 Å². The number of ether oxygens (including phenoxy) is 1. The molecule has 0 aliphatic rings. The van der Waals surface area contributed by atoms with Crippen LogP contribution < -0.4 is 9.64 Å². The van der Waals surface area contributed by atoms with Gasteiger partial charge in [-0.2, -0.15) is 0 Å². The lowest BCUT2D eigenvalue weighted by atomic mass is 10.2. The van der Waals surface area contributed by atoms with Gasteiger partial charge < -0.3 is 14.5 Å². The second-order valence-electron chi connectivity index (χ2n) is 7.93. The number of carbonyl (C=O) groups is 1. The number of hydrogen-bond acceptors (Lipinski definition) is 5. The summed E-state index contributed by atoms with van der Waals surface area (Å²) < 4.78 is 36.1. The van der Waals surface area contributed by atoms with Gasteiger partial charge in [-0.1, -0.05) is 6.08 Å². The number of carbonyl (C=O) groups excluding carboxylic acids is 1. The summed E-state index contributed by atoms with van der Waals surface area (Å²) in [6.45, 7) is 2.31. The quantitative estimate of drug-likeness (QED) is 0.408. The summed E-state index contributed by atoms with van der Waals surface area (Å²) in [4.78, 5) is 24.3. The summed E-state index contributed by atoms with van der Waals surface area (Å²) in [6, 6.07) is 6.97. The van der Waals surface area contributed by atoms with Gasteiger partial charge in [0, 0.05) is 25.7 Å². The number of halogens is 2. The zero-order chi connectivity index (χ0) is 23.7. The van der Waals surface area contributed by atoms with Gasteiger partial charge in [0.1, 0.15) is 22.9 Å². The number of anilines is 1. The maximum Gasteiger partial charge on any atom is 0.250 e. The van der Waals surface area contributed by atoms with Crippen LogP contribution in [-0.2, 0) is 4.79 Å². The van der Waals surface area contributed by atoms with E-state index in [-0.39, 0.29) is 23.3 Å². The van der Waals surface area contributed by atoms with Crippen molar-refractivity contribution in [1.29, 1.82) is 0 Å². The SMILES string of the molecule is Cc1cc(F)ccc1Oc1nc2cc(F)c(N(C)C(=O)/C=C/CN(C)C)cc2n2cncc12. The van der Waals surface area contributed by atoms with Crippen LogP contribution >= 0.6 is 0 Å². The van der Waals surface area contributed by atoms with Crippen molar-refractivity contribution in [2.75, 3.05) is 32.6 Å². The van der Waals surface area contributed by atoms with Gasteiger partial charge in [-0.15, -0.1) is 0 Å². The van der Waals surface area contributed by atoms with Crippen LogP contribution in [0.4, 0.5) is 14.5 Å². The molecule has 9 heteroatoms. The molecule has 2 aromatic heterocycles. The third kappa shape index (κ3) is 4.54. The minimum atomic E-state index is -0.602. The van der Waals surface area contributed by atoms with E-state index in [4.69, 9.17) is 4.74 Å². The Hall–Kier alpha value is -3.85. The van der Waals surface area contributed by atoms with E-state index in [0.29, 0.717) is 34.4 Å². The smallest absolute Gasteiger partial charge is 0.250 e. The lowest BCUT2D eigenvalue weighted by molar-refractivity contribution is -0.113. The Morgan fingerprint density at radius 3 is 2.67 bits per heavy atom. The Balaban J connectivity index is 1.75. The molecule has 7 nitrogen and oxygen atoms in total. The van der Waals surface area contributed by atoms with Crippen LogP contribution in [0.15, 0.2) is 55.0 Å². The van der Waals surface area contributed by atoms with Crippen LogP contribution in [0.25, 0.3) is 16.6 Å². The molecule has 2 aromatic carbocycles. The Bertz CT molecular complexity index is 1380. The van der Waals surface area contributed by atoms with E-state index in [1.807, 2.05) is 19.0 Å². The lowest BCUT2D eigenvalue weighted by Crippen LogP contribution is -2.25. The third-order valence-corrected chi connectivity index (χ3v) is 5.15. The molecular weight excluding hydrogens is 428 g/mol. The van der Waals surface area contributed by atoms with E-state index in [0.717, 1.165) is 0 Å². The summed E-state index contributed by atoms with van der Waals surface area (Å²) in [5, 5.41) is 0. The summed E-state index contributed by atoms with van der Waals surface area (Å²) in [6.07, 6.45) is 6.26. The summed E-state index contributed by atoms with van der Waals surface area (Å²) in [7, 11) is 5.29. The number of benzene rings is 2. The Morgan fingerprint density at radius 2 is 1.94 bits per heavy atom. The molecule has 33 heavy (non-hydrogen) atoms. The number of likely N-dealkylation sites (N-methyl/N-ethyl adjacent to an activating group) is 2. The van der Waals surface area contributed by atoms with E-state index in [1.165, 1.54) is 42.3 Å². The molecular formula is C24H23F2N5O2. The fourth-order valence-corrected chi connectivity index (χ4v) is 3.39. The second kappa shape index (κ2) is 8.95. The average Bonchev–Trinajstić information content (AvgIpc) is 3.25. The molecule has 4 rings (SSSR count). The zero-order valence-electron chi connectivity index (χ0n) is 18.7. The van der Waals surface area contributed by atoms with Crippen LogP contribution in [0.3, 0.4) is 0 Å². The number of fused-ring (bicyclic) bond motifs is 3. The first-order chi connectivity index (χ1) is 15.7. The van der Waals surface area contributed by atoms with Gasteiger partial charge in [0.15, 0.2) is 0 Å². The topological polar surface area (TPSA) is 63.0 Å². The molecule has 0 bridgehead atoms. The maximum atomic E-state index is 15.0. The Kier molecular flexibility index (Phi) is 6.06. The molecule has 0 spiro atoms. The van der Waals surface area contributed by atoms with Gasteiger partial charge >= 0.3 is 0 Å². The summed E-state index contributed by atoms with van der Waals surface area (Å²) in [5.41, 5.74) is 2.13. The van der Waals surface area contributed by atoms with Crippen molar-refractivity contribution in [1.82, 2.24) is 19.3 Å². The zero-order valence-corrected chi connectivity index (χ0v) is 18.7. The number of aryl methyl sites for hydroxylation is 1. The van der Waals surface area contributed by atoms with Gasteiger partial charge in [0.25, 0.3) is 5.91 Å². The van der Waals surface area contributed by atoms with Crippen LogP contribution in [0, 0.1) is 18.6 Å². The first kappa shape index (κ1) is 22.3. The monoisotopic (exact) mass is 451 g/mol. The molecule has 0 aliphatic carbocycles. The molecule has 0 fully saturated rings. The number of amides is 1. The Labute approximate surface area is 189 Å². The van der Waals surface area contributed by atoms with E-state index in [9.17, 15) is 9.18 Å². The highest BCUT2D eigenvalue weighted by Crippen LogP contribution is 2.32. The van der Waals surface area contributed by atoms with Gasteiger partial charge in [-0.3, -0.25) is 9.20 Å². The Morgan fingerprint density at radius 1 is 1.15 bits per heavy atom. The molecule has 0 saturated heterocycles. The van der Waals surface area contributed by atoms with Crippen molar-refractivity contribution in [3.63, 3.8) is 0 Å². The van der Waals surface area contributed by atoms with Crippen LogP contribution in [0.1, 0.15) is 5.56 Å². The van der Waals surface area contributed by atoms with Gasteiger partial charge in [-0.25, -0.2) is 18.7 Å². The first-order valence-electron chi connectivity index (χ1n) is 10.2. The molecule has 2 heterocycles. The number of imidazole rings is 1. The number of nitrogens with zero attached hydrogens (tertiary/aromatic N) is 5. The average molecular weight is 451 g/mol. The van der Waals surface area contributed by atoms with E-state index in [1.54, 1.807) is 36.0 Å². The van der Waals surface area contributed by atoms with Crippen LogP contribution in [0.5, 0.6) is 11.6 Å². The largest absolute Gasteiger partial charge is 0.437 e. The standard InChI is InChI=1S/C24H23F2N5O2/c1-15-10-16(25)7-8-22(15)33-24-21-13-27-14-31(21)20-12-19(17(26)11-18(20)28-24)30(4)23(32)6-5-9-29(2)3/h5-8,10-14H,9H2,1-4H3/b6-5+. The number of aromatic nitrogens is 3. The normalized spacial score (nSPS) is 11.7. The van der Waals surface area contributed by atoms with Crippen molar-refractivity contribution in [3.8, 4) is 11.6 Å². The van der Waals surface area contributed by atoms with E-state index >= 15 is 4.39 Å². The number of hydrogen-bond donors (Lipinski definition) is 0. The highest BCUT2D eigenvalue weighted by Gasteiger charge is 2.18. The predicted molar refractivity (Wildman–Crippen MR) is 123 cm³/mol. The highest BCUT2D eigenvalue weighted by molar-refractivity contribution is 6.02. The van der Waals surface area contributed by atoms with Crippen molar-refractivity contribution in [2.24, 2.45) is 0 Å². The minimum absolute atomic E-state index is 0.113. The molecule has 1 amide bonds. The van der Waals surface area contributed by atoms with Crippen molar-refractivity contribution < 1.29 is 18.3 Å². The molecule has 170 valence electrons. The van der Waals surface area contributed by atoms with Crippen LogP contribution in [0.2, 0.25) is 0 Å². The van der Waals surface area contributed by atoms with Crippen LogP contribution in [-0.4, -0.2) is 52.9 Å². The lowest BCUT2D eigenvalue weighted by Gasteiger charge is -2.18. The third-order valence-electron chi connectivity index (χ3n) is 5.15. The minimum Gasteiger partial charge on any atom is -0.437 e. The van der Waals surface area contributed by atoms with E-state index in [2.05, 4.69) is 9.97 Å². The van der Waals surface area contributed by atoms with Crippen molar-refractivity contribution >= 4 is 28.1 Å². The summed E-state index contributed by atoms with van der Waals surface area (Å²) in [5.74, 6) is -0.686. The predicted octanol–water partition coefficient (Wildman–Crippen LogP) is 4.34. The molecule has 0 radical (unpaired) electrons. The molecule has 0 N–H and O–H groups in total.